The summed E-state index contributed by atoms with van der Waals surface area (Å²) in [4.78, 5) is 11.2. The van der Waals surface area contributed by atoms with Gasteiger partial charge >= 0.3 is 5.97 Å². The van der Waals surface area contributed by atoms with Crippen LogP contribution >= 0.6 is 0 Å². The summed E-state index contributed by atoms with van der Waals surface area (Å²) in [6, 6.07) is 0. The molecule has 2 atom stereocenters. The number of carboxylic acids is 1. The lowest BCUT2D eigenvalue weighted by Crippen LogP contribution is -2.46. The molecule has 4 heteroatoms. The van der Waals surface area contributed by atoms with Crippen LogP contribution in [0.1, 0.15) is 60.3 Å². The average molecular weight is 289 g/mol. The Morgan fingerprint density at radius 1 is 1.26 bits per heavy atom. The van der Waals surface area contributed by atoms with E-state index in [1.165, 1.54) is 0 Å². The van der Waals surface area contributed by atoms with Crippen LogP contribution in [-0.2, 0) is 9.22 Å². The van der Waals surface area contributed by atoms with Gasteiger partial charge in [-0.2, -0.15) is 0 Å². The Hall–Kier alpha value is -0.353. The standard InChI is InChI=1S/C15H32O3Si/c1-8-9-10-11-13(12(2)14(16)17)18-19(6,7)15(3,4)5/h12-13H,8-11H2,1-7H3,(H,16,17)/t12-,13+/m1/s1. The van der Waals surface area contributed by atoms with E-state index in [0.717, 1.165) is 25.7 Å². The van der Waals surface area contributed by atoms with Crippen molar-refractivity contribution in [3.8, 4) is 0 Å². The monoisotopic (exact) mass is 288 g/mol. The van der Waals surface area contributed by atoms with Crippen LogP contribution in [0.3, 0.4) is 0 Å². The van der Waals surface area contributed by atoms with E-state index in [9.17, 15) is 9.90 Å². The van der Waals surface area contributed by atoms with Crippen molar-refractivity contribution in [2.45, 2.75) is 84.5 Å². The number of carbonyl (C=O) groups is 1. The number of unbranched alkanes of at least 4 members (excludes halogenated alkanes) is 2. The van der Waals surface area contributed by atoms with Gasteiger partial charge in [-0.25, -0.2) is 0 Å². The molecule has 0 saturated heterocycles. The lowest BCUT2D eigenvalue weighted by molar-refractivity contribution is -0.144. The minimum atomic E-state index is -1.90. The third kappa shape index (κ3) is 6.08. The number of carboxylic acid groups (broad SMARTS) is 1. The maximum Gasteiger partial charge on any atom is 0.308 e. The molecule has 0 spiro atoms. The molecule has 1 N–H and O–H groups in total. The number of rotatable bonds is 8. The molecule has 0 rings (SSSR count). The highest BCUT2D eigenvalue weighted by molar-refractivity contribution is 6.74. The van der Waals surface area contributed by atoms with Crippen LogP contribution in [0.25, 0.3) is 0 Å². The first kappa shape index (κ1) is 18.6. The van der Waals surface area contributed by atoms with Crippen molar-refractivity contribution in [3.05, 3.63) is 0 Å². The molecule has 0 aliphatic carbocycles. The van der Waals surface area contributed by atoms with Gasteiger partial charge in [-0.3, -0.25) is 4.79 Å². The Balaban J connectivity index is 4.80. The van der Waals surface area contributed by atoms with Crippen molar-refractivity contribution in [1.82, 2.24) is 0 Å². The van der Waals surface area contributed by atoms with E-state index < -0.39 is 20.2 Å². The Morgan fingerprint density at radius 2 is 1.79 bits per heavy atom. The van der Waals surface area contributed by atoms with Crippen molar-refractivity contribution in [2.75, 3.05) is 0 Å². The molecular weight excluding hydrogens is 256 g/mol. The molecule has 0 radical (unpaired) electrons. The maximum atomic E-state index is 11.2. The van der Waals surface area contributed by atoms with Gasteiger partial charge in [-0.1, -0.05) is 47.0 Å². The molecule has 0 saturated carbocycles. The van der Waals surface area contributed by atoms with Crippen LogP contribution in [0.15, 0.2) is 0 Å². The van der Waals surface area contributed by atoms with Gasteiger partial charge in [-0.05, 0) is 31.5 Å². The molecule has 0 aromatic heterocycles. The zero-order chi connectivity index (χ0) is 15.3. The molecule has 3 nitrogen and oxygen atoms in total. The van der Waals surface area contributed by atoms with Crippen molar-refractivity contribution in [1.29, 1.82) is 0 Å². The van der Waals surface area contributed by atoms with E-state index >= 15 is 0 Å². The Kier molecular flexibility index (Phi) is 7.30. The number of aliphatic carboxylic acids is 1. The Labute approximate surface area is 119 Å². The molecule has 0 bridgehead atoms. The summed E-state index contributed by atoms with van der Waals surface area (Å²) >= 11 is 0. The zero-order valence-electron chi connectivity index (χ0n) is 13.7. The first-order valence-corrected chi connectivity index (χ1v) is 10.3. The predicted molar refractivity (Wildman–Crippen MR) is 83.0 cm³/mol. The summed E-state index contributed by atoms with van der Waals surface area (Å²) in [7, 11) is -1.90. The van der Waals surface area contributed by atoms with Crippen LogP contribution in [0.2, 0.25) is 18.1 Å². The van der Waals surface area contributed by atoms with Crippen molar-refractivity contribution >= 4 is 14.3 Å². The van der Waals surface area contributed by atoms with E-state index in [1.54, 1.807) is 6.92 Å². The van der Waals surface area contributed by atoms with Crippen molar-refractivity contribution in [3.63, 3.8) is 0 Å². The van der Waals surface area contributed by atoms with Crippen molar-refractivity contribution < 1.29 is 14.3 Å². The third-order valence-electron chi connectivity index (χ3n) is 4.29. The van der Waals surface area contributed by atoms with Gasteiger partial charge in [0.05, 0.1) is 12.0 Å². The predicted octanol–water partition coefficient (Wildman–Crippen LogP) is 4.68. The smallest absolute Gasteiger partial charge is 0.308 e. The molecule has 114 valence electrons. The summed E-state index contributed by atoms with van der Waals surface area (Å²) in [5.41, 5.74) is 0. The summed E-state index contributed by atoms with van der Waals surface area (Å²) in [6.45, 7) is 14.9. The van der Waals surface area contributed by atoms with E-state index in [2.05, 4.69) is 40.8 Å². The number of hydrogen-bond donors (Lipinski definition) is 1. The molecule has 0 aromatic rings. The first-order chi connectivity index (χ1) is 8.53. The van der Waals surface area contributed by atoms with E-state index in [-0.39, 0.29) is 11.1 Å². The summed E-state index contributed by atoms with van der Waals surface area (Å²) < 4.78 is 6.33. The fourth-order valence-electron chi connectivity index (χ4n) is 1.72. The lowest BCUT2D eigenvalue weighted by Gasteiger charge is -2.40. The van der Waals surface area contributed by atoms with Gasteiger partial charge in [0, 0.05) is 0 Å². The highest BCUT2D eigenvalue weighted by atomic mass is 28.4. The van der Waals surface area contributed by atoms with Crippen LogP contribution in [-0.4, -0.2) is 25.5 Å². The second-order valence-corrected chi connectivity index (χ2v) is 11.8. The molecule has 0 fully saturated rings. The third-order valence-corrected chi connectivity index (χ3v) is 8.80. The normalized spacial score (nSPS) is 16.2. The average Bonchev–Trinajstić information content (AvgIpc) is 2.25. The maximum absolute atomic E-state index is 11.2. The topological polar surface area (TPSA) is 46.5 Å². The summed E-state index contributed by atoms with van der Waals surface area (Å²) in [5.74, 6) is -1.17. The van der Waals surface area contributed by atoms with Gasteiger partial charge in [-0.15, -0.1) is 0 Å². The molecular formula is C15H32O3Si. The van der Waals surface area contributed by atoms with Gasteiger partial charge < -0.3 is 9.53 Å². The van der Waals surface area contributed by atoms with Crippen LogP contribution in [0, 0.1) is 5.92 Å². The Bertz CT molecular complexity index is 282. The fraction of sp³-hybridized carbons (Fsp3) is 0.933. The highest BCUT2D eigenvalue weighted by Crippen LogP contribution is 2.38. The molecule has 0 aromatic carbocycles. The van der Waals surface area contributed by atoms with Crippen LogP contribution in [0.4, 0.5) is 0 Å². The second kappa shape index (κ2) is 7.43. The van der Waals surface area contributed by atoms with Gasteiger partial charge in [0.25, 0.3) is 0 Å². The van der Waals surface area contributed by atoms with Gasteiger partial charge in [0.1, 0.15) is 0 Å². The fourth-order valence-corrected chi connectivity index (χ4v) is 3.15. The second-order valence-electron chi connectivity index (χ2n) is 7.04. The van der Waals surface area contributed by atoms with Crippen molar-refractivity contribution in [2.24, 2.45) is 5.92 Å². The SMILES string of the molecule is CCCCC[C@H](O[Si](C)(C)C(C)(C)C)[C@@H](C)C(=O)O. The van der Waals surface area contributed by atoms with Crippen LogP contribution < -0.4 is 0 Å². The van der Waals surface area contributed by atoms with E-state index in [0.29, 0.717) is 0 Å². The molecule has 0 amide bonds. The number of hydrogen-bond acceptors (Lipinski definition) is 2. The van der Waals surface area contributed by atoms with Crippen LogP contribution in [0.5, 0.6) is 0 Å². The molecule has 19 heavy (non-hydrogen) atoms. The minimum absolute atomic E-state index is 0.119. The summed E-state index contributed by atoms with van der Waals surface area (Å²) in [5, 5.41) is 9.36. The molecule has 0 aliphatic heterocycles. The quantitative estimate of drug-likeness (QED) is 0.521. The van der Waals surface area contributed by atoms with Gasteiger partial charge in [0.15, 0.2) is 8.32 Å². The molecule has 0 aliphatic rings. The summed E-state index contributed by atoms with van der Waals surface area (Å²) in [6.07, 6.45) is 4.05. The van der Waals surface area contributed by atoms with E-state index in [1.807, 2.05) is 0 Å². The largest absolute Gasteiger partial charge is 0.481 e. The van der Waals surface area contributed by atoms with Gasteiger partial charge in [0.2, 0.25) is 0 Å². The zero-order valence-corrected chi connectivity index (χ0v) is 14.7. The Morgan fingerprint density at radius 3 is 2.16 bits per heavy atom. The first-order valence-electron chi connectivity index (χ1n) is 7.43. The molecule has 0 heterocycles. The molecule has 0 unspecified atom stereocenters. The van der Waals surface area contributed by atoms with E-state index in [4.69, 9.17) is 4.43 Å². The lowest BCUT2D eigenvalue weighted by atomic mass is 9.99. The minimum Gasteiger partial charge on any atom is -0.481 e. The highest BCUT2D eigenvalue weighted by Gasteiger charge is 2.40.